The number of nitrogens with zero attached hydrogens (tertiary/aromatic N) is 4. The van der Waals surface area contributed by atoms with Gasteiger partial charge in [-0.2, -0.15) is 22.8 Å². The molecule has 1 aliphatic carbocycles. The van der Waals surface area contributed by atoms with Crippen LogP contribution in [0.4, 0.5) is 19.0 Å². The van der Waals surface area contributed by atoms with Crippen LogP contribution in [0.15, 0.2) is 6.07 Å². The van der Waals surface area contributed by atoms with Gasteiger partial charge in [-0.15, -0.1) is 0 Å². The van der Waals surface area contributed by atoms with E-state index in [0.29, 0.717) is 51.1 Å². The Kier molecular flexibility index (Phi) is 5.54. The lowest BCUT2D eigenvalue weighted by Gasteiger charge is -2.40. The number of fused-ring (bicyclic) bond motifs is 2. The van der Waals surface area contributed by atoms with Crippen molar-refractivity contribution >= 4 is 17.4 Å². The monoisotopic (exact) mass is 466 g/mol. The van der Waals surface area contributed by atoms with Crippen LogP contribution in [0.25, 0.3) is 5.65 Å². The summed E-state index contributed by atoms with van der Waals surface area (Å²) in [4.78, 5) is 18.8. The quantitative estimate of drug-likeness (QED) is 0.726. The van der Waals surface area contributed by atoms with Crippen LogP contribution in [-0.4, -0.2) is 51.5 Å². The molecule has 33 heavy (non-hydrogen) atoms. The molecule has 0 amide bonds. The van der Waals surface area contributed by atoms with Crippen LogP contribution in [0.5, 0.6) is 0 Å². The number of piperidine rings is 1. The van der Waals surface area contributed by atoms with E-state index in [1.165, 1.54) is 0 Å². The Bertz CT molecular complexity index is 1060. The van der Waals surface area contributed by atoms with Crippen LogP contribution in [0.2, 0.25) is 0 Å². The number of carboxylic acids is 1. The summed E-state index contributed by atoms with van der Waals surface area (Å²) in [5, 5.41) is 14.6. The first-order chi connectivity index (χ1) is 15.7. The lowest BCUT2D eigenvalue weighted by molar-refractivity contribution is -0.182. The van der Waals surface area contributed by atoms with Crippen molar-refractivity contribution in [2.24, 2.45) is 11.3 Å². The number of aromatic nitrogens is 3. The summed E-state index contributed by atoms with van der Waals surface area (Å²) >= 11 is 0. The highest BCUT2D eigenvalue weighted by Gasteiger charge is 2.42. The van der Waals surface area contributed by atoms with Crippen LogP contribution >= 0.6 is 0 Å². The van der Waals surface area contributed by atoms with Crippen molar-refractivity contribution in [3.63, 3.8) is 0 Å². The van der Waals surface area contributed by atoms with Gasteiger partial charge in [0.1, 0.15) is 5.82 Å². The van der Waals surface area contributed by atoms with Crippen molar-refractivity contribution in [1.82, 2.24) is 14.6 Å². The molecule has 0 radical (unpaired) electrons. The third-order valence-corrected chi connectivity index (χ3v) is 7.63. The van der Waals surface area contributed by atoms with E-state index < -0.39 is 23.5 Å². The van der Waals surface area contributed by atoms with E-state index in [0.717, 1.165) is 35.7 Å². The Hall–Kier alpha value is -2.36. The van der Waals surface area contributed by atoms with Crippen molar-refractivity contribution in [1.29, 1.82) is 0 Å². The zero-order chi connectivity index (χ0) is 23.4. The summed E-state index contributed by atoms with van der Waals surface area (Å²) in [5.74, 6) is -1.21. The summed E-state index contributed by atoms with van der Waals surface area (Å²) in [6.07, 6.45) is -0.952. The molecule has 2 fully saturated rings. The van der Waals surface area contributed by atoms with Crippen LogP contribution in [0.3, 0.4) is 0 Å². The van der Waals surface area contributed by atoms with Crippen molar-refractivity contribution < 1.29 is 27.8 Å². The lowest BCUT2D eigenvalue weighted by Crippen LogP contribution is -2.47. The number of carbonyl (C=O) groups is 1. The fourth-order valence-corrected chi connectivity index (χ4v) is 5.64. The summed E-state index contributed by atoms with van der Waals surface area (Å²) in [6, 6.07) is 1.89. The topological polar surface area (TPSA) is 80.0 Å². The third-order valence-electron chi connectivity index (χ3n) is 7.63. The molecule has 10 heteroatoms. The first-order valence-corrected chi connectivity index (χ1v) is 11.7. The maximum atomic E-state index is 13.1. The second-order valence-electron chi connectivity index (χ2n) is 9.98. The third kappa shape index (κ3) is 4.06. The molecule has 5 rings (SSSR count). The number of hydrogen-bond acceptors (Lipinski definition) is 5. The molecule has 0 aromatic carbocycles. The minimum absolute atomic E-state index is 0.0305. The minimum Gasteiger partial charge on any atom is -0.481 e. The van der Waals surface area contributed by atoms with Gasteiger partial charge >= 0.3 is 12.1 Å². The Balaban J connectivity index is 1.52. The predicted octanol–water partition coefficient (Wildman–Crippen LogP) is 4.33. The molecule has 3 aliphatic rings. The molecule has 1 N–H and O–H groups in total. The first kappa shape index (κ1) is 22.4. The highest BCUT2D eigenvalue weighted by Crippen LogP contribution is 2.43. The second kappa shape index (κ2) is 8.14. The van der Waals surface area contributed by atoms with Crippen molar-refractivity contribution in [3.8, 4) is 0 Å². The smallest absolute Gasteiger partial charge is 0.391 e. The maximum Gasteiger partial charge on any atom is 0.391 e. The predicted molar refractivity (Wildman–Crippen MR) is 114 cm³/mol. The number of hydrogen-bond donors (Lipinski definition) is 1. The van der Waals surface area contributed by atoms with Gasteiger partial charge in [-0.05, 0) is 45.4 Å². The molecule has 1 saturated heterocycles. The van der Waals surface area contributed by atoms with E-state index in [4.69, 9.17) is 14.8 Å². The average molecular weight is 467 g/mol. The largest absolute Gasteiger partial charge is 0.481 e. The number of aliphatic carboxylic acids is 1. The number of alkyl halides is 3. The summed E-state index contributed by atoms with van der Waals surface area (Å²) < 4.78 is 46.7. The normalized spacial score (nSPS) is 28.7. The zero-order valence-electron chi connectivity index (χ0n) is 18.7. The molecular formula is C23H29F3N4O3. The summed E-state index contributed by atoms with van der Waals surface area (Å²) in [7, 11) is 0. The second-order valence-corrected chi connectivity index (χ2v) is 9.98. The van der Waals surface area contributed by atoms with Gasteiger partial charge in [0.15, 0.2) is 5.65 Å². The molecule has 180 valence electrons. The van der Waals surface area contributed by atoms with Crippen molar-refractivity contribution in [2.45, 2.75) is 70.6 Å². The van der Waals surface area contributed by atoms with Gasteiger partial charge < -0.3 is 14.7 Å². The van der Waals surface area contributed by atoms with Crippen LogP contribution in [0, 0.1) is 11.3 Å². The van der Waals surface area contributed by atoms with Gasteiger partial charge in [0.05, 0.1) is 35.9 Å². The van der Waals surface area contributed by atoms with Crippen molar-refractivity contribution in [2.75, 3.05) is 24.6 Å². The number of halogens is 3. The summed E-state index contributed by atoms with van der Waals surface area (Å²) in [5.41, 5.74) is 2.42. The van der Waals surface area contributed by atoms with E-state index in [1.807, 2.05) is 6.07 Å². The van der Waals surface area contributed by atoms with E-state index in [1.54, 1.807) is 11.4 Å². The average Bonchev–Trinajstić information content (AvgIpc) is 3.20. The fourth-order valence-electron chi connectivity index (χ4n) is 5.64. The molecule has 7 nitrogen and oxygen atoms in total. The van der Waals surface area contributed by atoms with Crippen molar-refractivity contribution in [3.05, 3.63) is 23.0 Å². The highest BCUT2D eigenvalue weighted by molar-refractivity contribution is 5.75. The maximum absolute atomic E-state index is 13.1. The van der Waals surface area contributed by atoms with E-state index in [-0.39, 0.29) is 18.8 Å². The van der Waals surface area contributed by atoms with Crippen LogP contribution in [0.1, 0.15) is 68.3 Å². The molecular weight excluding hydrogens is 437 g/mol. The minimum atomic E-state index is -4.14. The lowest BCUT2D eigenvalue weighted by atomic mass is 9.80. The first-order valence-electron chi connectivity index (χ1n) is 11.7. The molecule has 0 spiro atoms. The molecule has 1 saturated carbocycles. The molecule has 2 aromatic heterocycles. The molecule has 0 unspecified atom stereocenters. The number of rotatable bonds is 3. The van der Waals surface area contributed by atoms with Gasteiger partial charge in [0.25, 0.3) is 0 Å². The van der Waals surface area contributed by atoms with Gasteiger partial charge in [0, 0.05) is 37.1 Å². The van der Waals surface area contributed by atoms with Gasteiger partial charge in [-0.25, -0.2) is 4.98 Å². The van der Waals surface area contributed by atoms with E-state index >= 15 is 0 Å². The fraction of sp³-hybridized carbons (Fsp3) is 0.696. The highest BCUT2D eigenvalue weighted by atomic mass is 19.4. The molecule has 4 heterocycles. The Morgan fingerprint density at radius 1 is 1.27 bits per heavy atom. The van der Waals surface area contributed by atoms with E-state index in [9.17, 15) is 23.1 Å². The Morgan fingerprint density at radius 2 is 2.03 bits per heavy atom. The number of carboxylic acid groups (broad SMARTS) is 1. The van der Waals surface area contributed by atoms with E-state index in [2.05, 4.69) is 4.90 Å². The SMILES string of the molecule is C[C@]1(C(=O)O)CCCN(c2c3c(nc4cc([C@H]5CC[C@H](C(F)(F)F)CC5)nn24)COCC3)C1. The van der Waals surface area contributed by atoms with Crippen LogP contribution in [-0.2, 0) is 22.6 Å². The zero-order valence-corrected chi connectivity index (χ0v) is 18.7. The summed E-state index contributed by atoms with van der Waals surface area (Å²) in [6.45, 7) is 3.83. The van der Waals surface area contributed by atoms with Crippen LogP contribution < -0.4 is 4.90 Å². The molecule has 1 atom stereocenters. The molecule has 0 bridgehead atoms. The Labute approximate surface area is 189 Å². The standard InChI is InChI=1S/C23H29F3N4O3/c1-22(21(31)32)8-2-9-29(13-22)20-16-7-10-33-12-18(16)27-19-11-17(28-30(19)20)14-3-5-15(6-4-14)23(24,25)26/h11,14-15H,2-10,12-13H2,1H3,(H,31,32)/t14-,15-,22-/m0/s1. The van der Waals surface area contributed by atoms with Gasteiger partial charge in [-0.1, -0.05) is 0 Å². The number of anilines is 1. The van der Waals surface area contributed by atoms with Gasteiger partial charge in [0.2, 0.25) is 0 Å². The van der Waals surface area contributed by atoms with Gasteiger partial charge in [-0.3, -0.25) is 4.79 Å². The molecule has 2 aliphatic heterocycles. The Morgan fingerprint density at radius 3 is 2.73 bits per heavy atom. The number of ether oxygens (including phenoxy) is 1. The molecule has 2 aromatic rings.